The summed E-state index contributed by atoms with van der Waals surface area (Å²) in [5.74, 6) is -0.648. The Morgan fingerprint density at radius 2 is 2.20 bits per heavy atom. The highest BCUT2D eigenvalue weighted by molar-refractivity contribution is 7.98. The predicted molar refractivity (Wildman–Crippen MR) is 58.9 cm³/mol. The smallest absolute Gasteiger partial charge is 0.308 e. The molecule has 1 heterocycles. The number of carboxylic acids is 1. The number of carboxylic acid groups (broad SMARTS) is 1. The molecule has 0 amide bonds. The van der Waals surface area contributed by atoms with Gasteiger partial charge in [0.2, 0.25) is 0 Å². The van der Waals surface area contributed by atoms with Gasteiger partial charge in [-0.3, -0.25) is 4.79 Å². The normalized spacial score (nSPS) is 10.3. The molecule has 1 aromatic heterocycles. The molecule has 0 spiro atoms. The van der Waals surface area contributed by atoms with E-state index in [1.165, 1.54) is 11.8 Å². The van der Waals surface area contributed by atoms with Crippen LogP contribution in [0, 0.1) is 0 Å². The van der Waals surface area contributed by atoms with Crippen LogP contribution in [0.5, 0.6) is 0 Å². The van der Waals surface area contributed by atoms with Gasteiger partial charge in [0, 0.05) is 5.56 Å². The van der Waals surface area contributed by atoms with Crippen LogP contribution in [0.15, 0.2) is 5.16 Å². The second kappa shape index (κ2) is 4.97. The summed E-state index contributed by atoms with van der Waals surface area (Å²) < 4.78 is 0. The first-order valence-electron chi connectivity index (χ1n) is 4.49. The molecule has 0 atom stereocenters. The lowest BCUT2D eigenvalue weighted by Crippen LogP contribution is -2.11. The van der Waals surface area contributed by atoms with Crippen molar-refractivity contribution >= 4 is 23.5 Å². The van der Waals surface area contributed by atoms with E-state index in [4.69, 9.17) is 10.8 Å². The summed E-state index contributed by atoms with van der Waals surface area (Å²) in [6.45, 7) is 1.91. The van der Waals surface area contributed by atoms with E-state index in [0.717, 1.165) is 0 Å². The molecule has 0 aromatic carbocycles. The van der Waals surface area contributed by atoms with Gasteiger partial charge in [-0.1, -0.05) is 18.7 Å². The van der Waals surface area contributed by atoms with Crippen molar-refractivity contribution in [3.8, 4) is 0 Å². The number of nitrogen functional groups attached to an aromatic ring is 1. The van der Waals surface area contributed by atoms with E-state index in [2.05, 4.69) is 9.97 Å². The fourth-order valence-corrected chi connectivity index (χ4v) is 1.64. The van der Waals surface area contributed by atoms with Gasteiger partial charge in [0.1, 0.15) is 5.82 Å². The summed E-state index contributed by atoms with van der Waals surface area (Å²) in [7, 11) is 0. The first-order valence-corrected chi connectivity index (χ1v) is 5.72. The van der Waals surface area contributed by atoms with Crippen LogP contribution in [0.3, 0.4) is 0 Å². The van der Waals surface area contributed by atoms with Crippen molar-refractivity contribution in [2.75, 3.05) is 12.0 Å². The quantitative estimate of drug-likeness (QED) is 0.588. The van der Waals surface area contributed by atoms with Gasteiger partial charge < -0.3 is 10.8 Å². The third-order valence-corrected chi connectivity index (χ3v) is 2.50. The summed E-state index contributed by atoms with van der Waals surface area (Å²) >= 11 is 1.39. The lowest BCUT2D eigenvalue weighted by atomic mass is 10.1. The van der Waals surface area contributed by atoms with E-state index < -0.39 is 5.97 Å². The molecule has 0 saturated heterocycles. The molecule has 0 fully saturated rings. The van der Waals surface area contributed by atoms with Gasteiger partial charge in [0.15, 0.2) is 5.16 Å². The van der Waals surface area contributed by atoms with Crippen molar-refractivity contribution in [2.24, 2.45) is 0 Å². The van der Waals surface area contributed by atoms with E-state index in [9.17, 15) is 4.79 Å². The molecule has 0 unspecified atom stereocenters. The highest BCUT2D eigenvalue weighted by Crippen LogP contribution is 2.19. The average Bonchev–Trinajstić information content (AvgIpc) is 2.20. The van der Waals surface area contributed by atoms with Crippen LogP contribution >= 0.6 is 11.8 Å². The Labute approximate surface area is 92.1 Å². The van der Waals surface area contributed by atoms with Crippen LogP contribution in [-0.2, 0) is 17.6 Å². The van der Waals surface area contributed by atoms with Crippen LogP contribution in [-0.4, -0.2) is 27.3 Å². The molecule has 82 valence electrons. The van der Waals surface area contributed by atoms with Gasteiger partial charge in [-0.15, -0.1) is 0 Å². The van der Waals surface area contributed by atoms with Gasteiger partial charge >= 0.3 is 5.97 Å². The van der Waals surface area contributed by atoms with Crippen molar-refractivity contribution < 1.29 is 9.90 Å². The molecule has 0 saturated carbocycles. The fourth-order valence-electron chi connectivity index (χ4n) is 1.25. The zero-order valence-corrected chi connectivity index (χ0v) is 9.47. The van der Waals surface area contributed by atoms with Crippen molar-refractivity contribution in [1.82, 2.24) is 9.97 Å². The predicted octanol–water partition coefficient (Wildman–Crippen LogP) is 0.970. The summed E-state index contributed by atoms with van der Waals surface area (Å²) in [5, 5.41) is 9.30. The van der Waals surface area contributed by atoms with Crippen LogP contribution in [0.2, 0.25) is 0 Å². The summed E-state index contributed by atoms with van der Waals surface area (Å²) in [6.07, 6.45) is 2.39. The third-order valence-electron chi connectivity index (χ3n) is 1.95. The number of hydrogen-bond acceptors (Lipinski definition) is 5. The van der Waals surface area contributed by atoms with E-state index in [1.807, 2.05) is 13.2 Å². The number of aryl methyl sites for hydroxylation is 1. The van der Waals surface area contributed by atoms with Gasteiger partial charge in [-0.05, 0) is 12.7 Å². The molecule has 0 aliphatic heterocycles. The van der Waals surface area contributed by atoms with Crippen LogP contribution < -0.4 is 5.73 Å². The SMILES string of the molecule is CCc1nc(SC)nc(N)c1CC(=O)O. The molecule has 5 nitrogen and oxygen atoms in total. The molecule has 0 aliphatic carbocycles. The van der Waals surface area contributed by atoms with E-state index in [-0.39, 0.29) is 12.2 Å². The van der Waals surface area contributed by atoms with Crippen molar-refractivity contribution in [2.45, 2.75) is 24.9 Å². The molecule has 6 heteroatoms. The number of aliphatic carboxylic acids is 1. The largest absolute Gasteiger partial charge is 0.481 e. The number of rotatable bonds is 4. The third kappa shape index (κ3) is 2.82. The first-order chi connectivity index (χ1) is 7.08. The number of anilines is 1. The molecule has 0 radical (unpaired) electrons. The molecule has 0 bridgehead atoms. The minimum Gasteiger partial charge on any atom is -0.481 e. The highest BCUT2D eigenvalue weighted by Gasteiger charge is 2.13. The number of carbonyl (C=O) groups is 1. The average molecular weight is 227 g/mol. The second-order valence-electron chi connectivity index (χ2n) is 2.94. The van der Waals surface area contributed by atoms with Gasteiger partial charge in [-0.25, -0.2) is 9.97 Å². The van der Waals surface area contributed by atoms with Crippen LogP contribution in [0.4, 0.5) is 5.82 Å². The maximum atomic E-state index is 10.6. The minimum absolute atomic E-state index is 0.121. The van der Waals surface area contributed by atoms with Crippen LogP contribution in [0.1, 0.15) is 18.2 Å². The summed E-state index contributed by atoms with van der Waals surface area (Å²) in [6, 6.07) is 0. The Hall–Kier alpha value is -1.30. The molecular weight excluding hydrogens is 214 g/mol. The molecule has 1 rings (SSSR count). The molecule has 1 aromatic rings. The summed E-state index contributed by atoms with van der Waals surface area (Å²) in [5.41, 5.74) is 6.94. The fraction of sp³-hybridized carbons (Fsp3) is 0.444. The van der Waals surface area contributed by atoms with Crippen molar-refractivity contribution in [3.63, 3.8) is 0 Å². The zero-order chi connectivity index (χ0) is 11.4. The Morgan fingerprint density at radius 3 is 2.67 bits per heavy atom. The van der Waals surface area contributed by atoms with Crippen molar-refractivity contribution in [3.05, 3.63) is 11.3 Å². The number of hydrogen-bond donors (Lipinski definition) is 2. The number of nitrogens with zero attached hydrogens (tertiary/aromatic N) is 2. The maximum absolute atomic E-state index is 10.6. The Morgan fingerprint density at radius 1 is 1.53 bits per heavy atom. The number of nitrogens with two attached hydrogens (primary N) is 1. The zero-order valence-electron chi connectivity index (χ0n) is 8.65. The summed E-state index contributed by atoms with van der Waals surface area (Å²) in [4.78, 5) is 18.9. The van der Waals surface area contributed by atoms with Gasteiger partial charge in [0.05, 0.1) is 12.1 Å². The van der Waals surface area contributed by atoms with E-state index >= 15 is 0 Å². The molecule has 0 aliphatic rings. The first kappa shape index (κ1) is 11.8. The van der Waals surface area contributed by atoms with E-state index in [0.29, 0.717) is 22.8 Å². The van der Waals surface area contributed by atoms with E-state index in [1.54, 1.807) is 0 Å². The molecule has 15 heavy (non-hydrogen) atoms. The molecule has 3 N–H and O–H groups in total. The number of aromatic nitrogens is 2. The standard InChI is InChI=1S/C9H13N3O2S/c1-3-6-5(4-7(13)14)8(10)12-9(11-6)15-2/h3-4H2,1-2H3,(H,13,14)(H2,10,11,12). The monoisotopic (exact) mass is 227 g/mol. The lowest BCUT2D eigenvalue weighted by Gasteiger charge is -2.08. The lowest BCUT2D eigenvalue weighted by molar-refractivity contribution is -0.136. The Kier molecular flexibility index (Phi) is 3.90. The van der Waals surface area contributed by atoms with Crippen LogP contribution in [0.25, 0.3) is 0 Å². The Balaban J connectivity index is 3.18. The minimum atomic E-state index is -0.920. The second-order valence-corrected chi connectivity index (χ2v) is 3.72. The van der Waals surface area contributed by atoms with Gasteiger partial charge in [-0.2, -0.15) is 0 Å². The van der Waals surface area contributed by atoms with Gasteiger partial charge in [0.25, 0.3) is 0 Å². The highest BCUT2D eigenvalue weighted by atomic mass is 32.2. The number of thioether (sulfide) groups is 1. The Bertz CT molecular complexity index is 382. The topological polar surface area (TPSA) is 89.1 Å². The van der Waals surface area contributed by atoms with Crippen molar-refractivity contribution in [1.29, 1.82) is 0 Å². The molecular formula is C9H13N3O2S. The maximum Gasteiger partial charge on any atom is 0.308 e.